The van der Waals surface area contributed by atoms with Crippen molar-refractivity contribution in [2.45, 2.75) is 26.1 Å². The number of esters is 1. The highest BCUT2D eigenvalue weighted by molar-refractivity contribution is 6.29. The van der Waals surface area contributed by atoms with Crippen molar-refractivity contribution >= 4 is 17.6 Å². The highest BCUT2D eigenvalue weighted by Crippen LogP contribution is 2.33. The molecular weight excluding hydrogens is 359 g/mol. The van der Waals surface area contributed by atoms with E-state index in [1.807, 2.05) is 0 Å². The molecule has 2 aromatic rings. The summed E-state index contributed by atoms with van der Waals surface area (Å²) < 4.78 is 48.8. The van der Waals surface area contributed by atoms with Crippen LogP contribution < -0.4 is 4.74 Å². The van der Waals surface area contributed by atoms with Gasteiger partial charge in [0.1, 0.15) is 10.9 Å². The van der Waals surface area contributed by atoms with Crippen molar-refractivity contribution in [2.24, 2.45) is 0 Å². The Hall–Kier alpha value is -2.28. The number of carbonyl (C=O) groups excluding carboxylic acids is 1. The Morgan fingerprint density at radius 2 is 1.88 bits per heavy atom. The van der Waals surface area contributed by atoms with Crippen LogP contribution in [-0.4, -0.2) is 23.7 Å². The maximum atomic E-state index is 12.9. The first-order valence-corrected chi connectivity index (χ1v) is 7.77. The number of halogens is 4. The quantitative estimate of drug-likeness (QED) is 0.560. The summed E-state index contributed by atoms with van der Waals surface area (Å²) >= 11 is 5.68. The molecule has 0 radical (unpaired) electrons. The molecule has 0 aliphatic heterocycles. The first-order chi connectivity index (χ1) is 11.7. The lowest BCUT2D eigenvalue weighted by atomic mass is 10.1. The molecule has 1 atom stereocenters. The van der Waals surface area contributed by atoms with Gasteiger partial charge >= 0.3 is 12.1 Å². The van der Waals surface area contributed by atoms with Gasteiger partial charge in [0.15, 0.2) is 6.10 Å². The molecular formula is C17H15ClF3NO3. The molecule has 8 heteroatoms. The standard InChI is InChI=1S/C17H15ClF3NO3/c1-3-24-16(23)10(2)25-13-6-4-11(5-7-13)14-8-12(17(19,20)21)9-15(18)22-14/h4-10H,3H2,1-2H3/t10-/m1/s1. The van der Waals surface area contributed by atoms with E-state index >= 15 is 0 Å². The van der Waals surface area contributed by atoms with Crippen LogP contribution in [-0.2, 0) is 15.7 Å². The predicted octanol–water partition coefficient (Wildman–Crippen LogP) is 4.75. The molecule has 0 amide bonds. The lowest BCUT2D eigenvalue weighted by Crippen LogP contribution is -2.25. The minimum Gasteiger partial charge on any atom is -0.479 e. The fourth-order valence-electron chi connectivity index (χ4n) is 2.02. The number of ether oxygens (including phenoxy) is 2. The summed E-state index contributed by atoms with van der Waals surface area (Å²) in [6, 6.07) is 7.81. The maximum absolute atomic E-state index is 12.9. The molecule has 1 aromatic heterocycles. The van der Waals surface area contributed by atoms with Crippen molar-refractivity contribution in [3.05, 3.63) is 47.1 Å². The van der Waals surface area contributed by atoms with E-state index in [2.05, 4.69) is 4.98 Å². The Morgan fingerprint density at radius 1 is 1.24 bits per heavy atom. The number of rotatable bonds is 5. The highest BCUT2D eigenvalue weighted by atomic mass is 35.5. The Balaban J connectivity index is 2.20. The molecule has 1 heterocycles. The summed E-state index contributed by atoms with van der Waals surface area (Å²) in [6.07, 6.45) is -5.31. The molecule has 1 aromatic carbocycles. The summed E-state index contributed by atoms with van der Waals surface area (Å²) in [5, 5.41) is -0.249. The van der Waals surface area contributed by atoms with Gasteiger partial charge in [0.25, 0.3) is 0 Å². The number of nitrogens with zero attached hydrogens (tertiary/aromatic N) is 1. The van der Waals surface area contributed by atoms with E-state index in [0.717, 1.165) is 12.1 Å². The second kappa shape index (κ2) is 7.74. The molecule has 2 rings (SSSR count). The Kier molecular flexibility index (Phi) is 5.89. The van der Waals surface area contributed by atoms with Gasteiger partial charge in [0.05, 0.1) is 17.9 Å². The summed E-state index contributed by atoms with van der Waals surface area (Å²) in [5.41, 5.74) is -0.354. The highest BCUT2D eigenvalue weighted by Gasteiger charge is 2.31. The van der Waals surface area contributed by atoms with Crippen molar-refractivity contribution < 1.29 is 27.4 Å². The van der Waals surface area contributed by atoms with Crippen LogP contribution in [0.5, 0.6) is 5.75 Å². The molecule has 25 heavy (non-hydrogen) atoms. The lowest BCUT2D eigenvalue weighted by molar-refractivity contribution is -0.150. The molecule has 0 bridgehead atoms. The van der Waals surface area contributed by atoms with Gasteiger partial charge in [-0.1, -0.05) is 11.6 Å². The van der Waals surface area contributed by atoms with Gasteiger partial charge in [-0.2, -0.15) is 13.2 Å². The molecule has 134 valence electrons. The third-order valence-electron chi connectivity index (χ3n) is 3.20. The Bertz CT molecular complexity index is 748. The van der Waals surface area contributed by atoms with E-state index in [0.29, 0.717) is 11.3 Å². The zero-order valence-electron chi connectivity index (χ0n) is 13.4. The van der Waals surface area contributed by atoms with Crippen molar-refractivity contribution in [1.29, 1.82) is 0 Å². The molecule has 0 unspecified atom stereocenters. The summed E-state index contributed by atoms with van der Waals surface area (Å²) in [4.78, 5) is 15.4. The molecule has 0 fully saturated rings. The average Bonchev–Trinajstić information content (AvgIpc) is 2.54. The minimum absolute atomic E-state index is 0.0878. The molecule has 0 aliphatic rings. The monoisotopic (exact) mass is 373 g/mol. The van der Waals surface area contributed by atoms with Crippen LogP contribution in [0.2, 0.25) is 5.15 Å². The number of hydrogen-bond donors (Lipinski definition) is 0. The second-order valence-corrected chi connectivity index (χ2v) is 5.49. The summed E-state index contributed by atoms with van der Waals surface area (Å²) in [7, 11) is 0. The fourth-order valence-corrected chi connectivity index (χ4v) is 2.23. The van der Waals surface area contributed by atoms with Crippen LogP contribution in [0.15, 0.2) is 36.4 Å². The molecule has 0 spiro atoms. The zero-order chi connectivity index (χ0) is 18.6. The second-order valence-electron chi connectivity index (χ2n) is 5.10. The van der Waals surface area contributed by atoms with Gasteiger partial charge in [-0.15, -0.1) is 0 Å². The normalized spacial score (nSPS) is 12.6. The van der Waals surface area contributed by atoms with Gasteiger partial charge in [0, 0.05) is 5.56 Å². The number of aromatic nitrogens is 1. The number of hydrogen-bond acceptors (Lipinski definition) is 4. The van der Waals surface area contributed by atoms with Crippen LogP contribution in [0, 0.1) is 0 Å². The third-order valence-corrected chi connectivity index (χ3v) is 3.40. The zero-order valence-corrected chi connectivity index (χ0v) is 14.2. The number of carbonyl (C=O) groups is 1. The van der Waals surface area contributed by atoms with Crippen LogP contribution in [0.1, 0.15) is 19.4 Å². The Morgan fingerprint density at radius 3 is 2.44 bits per heavy atom. The predicted molar refractivity (Wildman–Crippen MR) is 86.4 cm³/mol. The van der Waals surface area contributed by atoms with Crippen molar-refractivity contribution in [3.8, 4) is 17.0 Å². The summed E-state index contributed by atoms with van der Waals surface area (Å²) in [6.45, 7) is 3.47. The van der Waals surface area contributed by atoms with Gasteiger partial charge in [0.2, 0.25) is 0 Å². The van der Waals surface area contributed by atoms with Crippen molar-refractivity contribution in [2.75, 3.05) is 6.61 Å². The van der Waals surface area contributed by atoms with Gasteiger partial charge in [-0.3, -0.25) is 0 Å². The maximum Gasteiger partial charge on any atom is 0.416 e. The Labute approximate surface area is 147 Å². The number of alkyl halides is 3. The lowest BCUT2D eigenvalue weighted by Gasteiger charge is -2.14. The number of pyridine rings is 1. The smallest absolute Gasteiger partial charge is 0.416 e. The molecule has 4 nitrogen and oxygen atoms in total. The topological polar surface area (TPSA) is 48.4 Å². The van der Waals surface area contributed by atoms with Crippen LogP contribution in [0.3, 0.4) is 0 Å². The SMILES string of the molecule is CCOC(=O)[C@@H](C)Oc1ccc(-c2cc(C(F)(F)F)cc(Cl)n2)cc1. The van der Waals surface area contributed by atoms with Crippen LogP contribution in [0.4, 0.5) is 13.2 Å². The first-order valence-electron chi connectivity index (χ1n) is 7.39. The van der Waals surface area contributed by atoms with Gasteiger partial charge in [-0.05, 0) is 50.2 Å². The van der Waals surface area contributed by atoms with Crippen LogP contribution in [0.25, 0.3) is 11.3 Å². The van der Waals surface area contributed by atoms with E-state index in [9.17, 15) is 18.0 Å². The average molecular weight is 374 g/mol. The molecule has 0 saturated carbocycles. The van der Waals surface area contributed by atoms with E-state index < -0.39 is 23.8 Å². The first kappa shape index (κ1) is 19.1. The van der Waals surface area contributed by atoms with E-state index in [4.69, 9.17) is 21.1 Å². The molecule has 0 saturated heterocycles. The van der Waals surface area contributed by atoms with Crippen molar-refractivity contribution in [3.63, 3.8) is 0 Å². The van der Waals surface area contributed by atoms with E-state index in [1.54, 1.807) is 13.8 Å². The van der Waals surface area contributed by atoms with E-state index in [1.165, 1.54) is 24.3 Å². The van der Waals surface area contributed by atoms with Crippen molar-refractivity contribution in [1.82, 2.24) is 4.98 Å². The van der Waals surface area contributed by atoms with Gasteiger partial charge in [-0.25, -0.2) is 9.78 Å². The largest absolute Gasteiger partial charge is 0.479 e. The van der Waals surface area contributed by atoms with E-state index in [-0.39, 0.29) is 17.5 Å². The summed E-state index contributed by atoms with van der Waals surface area (Å²) in [5.74, 6) is -0.125. The van der Waals surface area contributed by atoms with Crippen LogP contribution >= 0.6 is 11.6 Å². The fraction of sp³-hybridized carbons (Fsp3) is 0.294. The van der Waals surface area contributed by atoms with Gasteiger partial charge < -0.3 is 9.47 Å². The number of benzene rings is 1. The molecule has 0 N–H and O–H groups in total. The molecule has 0 aliphatic carbocycles. The third kappa shape index (κ3) is 5.09. The minimum atomic E-state index is -4.51.